The van der Waals surface area contributed by atoms with Crippen molar-refractivity contribution in [2.75, 3.05) is 25.0 Å². The first-order valence-electron chi connectivity index (χ1n) is 7.25. The lowest BCUT2D eigenvalue weighted by Gasteiger charge is -2.33. The van der Waals surface area contributed by atoms with Crippen LogP contribution in [0, 0.1) is 6.92 Å². The smallest absolute Gasteiger partial charge is 0.134 e. The van der Waals surface area contributed by atoms with Gasteiger partial charge in [-0.2, -0.15) is 0 Å². The topological polar surface area (TPSA) is 61.3 Å². The highest BCUT2D eigenvalue weighted by molar-refractivity contribution is 6.29. The summed E-state index contributed by atoms with van der Waals surface area (Å²) >= 11 is 5.94. The summed E-state index contributed by atoms with van der Waals surface area (Å²) < 4.78 is 0. The third kappa shape index (κ3) is 4.58. The molecular weight excluding hydrogens is 276 g/mol. The Kier molecular flexibility index (Phi) is 5.57. The molecule has 2 rings (SSSR count). The summed E-state index contributed by atoms with van der Waals surface area (Å²) in [5.74, 6) is 1.48. The molecule has 0 bridgehead atoms. The Hall–Kier alpha value is -0.910. The van der Waals surface area contributed by atoms with E-state index in [1.807, 2.05) is 13.8 Å². The number of hydrogen-bond acceptors (Lipinski definition) is 5. The van der Waals surface area contributed by atoms with Crippen LogP contribution >= 0.6 is 11.6 Å². The number of likely N-dealkylation sites (tertiary alicyclic amines) is 1. The van der Waals surface area contributed by atoms with Crippen LogP contribution in [-0.4, -0.2) is 51.8 Å². The molecule has 2 heterocycles. The monoisotopic (exact) mass is 298 g/mol. The van der Waals surface area contributed by atoms with Gasteiger partial charge in [-0.25, -0.2) is 9.97 Å². The molecule has 1 saturated heterocycles. The number of aromatic nitrogens is 2. The van der Waals surface area contributed by atoms with Crippen LogP contribution in [0.2, 0.25) is 5.15 Å². The number of aliphatic hydroxyl groups excluding tert-OH is 1. The van der Waals surface area contributed by atoms with Gasteiger partial charge in [0.2, 0.25) is 0 Å². The highest BCUT2D eigenvalue weighted by Gasteiger charge is 2.20. The molecule has 112 valence electrons. The van der Waals surface area contributed by atoms with E-state index in [9.17, 15) is 5.11 Å². The molecular formula is C14H23ClN4O. The second-order valence-corrected chi connectivity index (χ2v) is 5.79. The molecule has 20 heavy (non-hydrogen) atoms. The number of piperidine rings is 1. The van der Waals surface area contributed by atoms with E-state index in [2.05, 4.69) is 20.2 Å². The van der Waals surface area contributed by atoms with Gasteiger partial charge in [-0.3, -0.25) is 0 Å². The van der Waals surface area contributed by atoms with Crippen molar-refractivity contribution < 1.29 is 5.11 Å². The summed E-state index contributed by atoms with van der Waals surface area (Å²) in [6.45, 7) is 6.65. The van der Waals surface area contributed by atoms with Gasteiger partial charge in [-0.05, 0) is 26.2 Å². The summed E-state index contributed by atoms with van der Waals surface area (Å²) in [7, 11) is 0. The Balaban J connectivity index is 1.82. The van der Waals surface area contributed by atoms with E-state index in [-0.39, 0.29) is 6.10 Å². The number of aryl methyl sites for hydroxylation is 1. The predicted molar refractivity (Wildman–Crippen MR) is 81.2 cm³/mol. The molecule has 0 aliphatic carbocycles. The lowest BCUT2D eigenvalue weighted by atomic mass is 10.0. The van der Waals surface area contributed by atoms with Crippen molar-refractivity contribution in [2.24, 2.45) is 0 Å². The van der Waals surface area contributed by atoms with Gasteiger partial charge >= 0.3 is 0 Å². The molecule has 1 aliphatic heterocycles. The number of anilines is 1. The minimum absolute atomic E-state index is 0.206. The fraction of sp³-hybridized carbons (Fsp3) is 0.714. The average Bonchev–Trinajstić information content (AvgIpc) is 2.39. The van der Waals surface area contributed by atoms with Crippen molar-refractivity contribution >= 4 is 17.4 Å². The van der Waals surface area contributed by atoms with Crippen LogP contribution in [0.4, 0.5) is 5.82 Å². The maximum atomic E-state index is 9.68. The van der Waals surface area contributed by atoms with E-state index in [1.54, 1.807) is 6.07 Å². The van der Waals surface area contributed by atoms with Crippen molar-refractivity contribution in [3.63, 3.8) is 0 Å². The zero-order valence-electron chi connectivity index (χ0n) is 12.1. The number of rotatable bonds is 5. The SMILES string of the molecule is CC[C@H](O)CN1CCC(Nc2cc(Cl)nc(C)n2)CC1. The number of nitrogens with zero attached hydrogens (tertiary/aromatic N) is 3. The fourth-order valence-corrected chi connectivity index (χ4v) is 2.73. The third-order valence-electron chi connectivity index (χ3n) is 3.69. The Morgan fingerprint density at radius 3 is 2.75 bits per heavy atom. The number of β-amino-alcohol motifs (C(OH)–C–C–N with tert-alkyl or cyclic N) is 1. The van der Waals surface area contributed by atoms with Crippen molar-refractivity contribution in [2.45, 2.75) is 45.3 Å². The Bertz CT molecular complexity index is 415. The summed E-state index contributed by atoms with van der Waals surface area (Å²) in [5, 5.41) is 13.6. The standard InChI is InChI=1S/C14H23ClN4O/c1-3-12(20)9-19-6-4-11(5-7-19)18-14-8-13(15)16-10(2)17-14/h8,11-12,20H,3-7,9H2,1-2H3,(H,16,17,18)/t12-/m0/s1. The molecule has 0 saturated carbocycles. The number of hydrogen-bond donors (Lipinski definition) is 2. The van der Waals surface area contributed by atoms with Gasteiger partial charge in [0.05, 0.1) is 6.10 Å². The van der Waals surface area contributed by atoms with Crippen LogP contribution in [0.3, 0.4) is 0 Å². The first-order chi connectivity index (χ1) is 9.56. The van der Waals surface area contributed by atoms with E-state index in [0.29, 0.717) is 17.0 Å². The highest BCUT2D eigenvalue weighted by Crippen LogP contribution is 2.17. The number of halogens is 1. The van der Waals surface area contributed by atoms with Crippen molar-refractivity contribution in [3.8, 4) is 0 Å². The molecule has 5 nitrogen and oxygen atoms in total. The summed E-state index contributed by atoms with van der Waals surface area (Å²) in [4.78, 5) is 10.7. The molecule has 0 spiro atoms. The summed E-state index contributed by atoms with van der Waals surface area (Å²) in [6.07, 6.45) is 2.72. The lowest BCUT2D eigenvalue weighted by molar-refractivity contribution is 0.0962. The first-order valence-corrected chi connectivity index (χ1v) is 7.62. The minimum Gasteiger partial charge on any atom is -0.392 e. The molecule has 1 atom stereocenters. The fourth-order valence-electron chi connectivity index (χ4n) is 2.50. The average molecular weight is 299 g/mol. The van der Waals surface area contributed by atoms with Crippen LogP contribution in [-0.2, 0) is 0 Å². The third-order valence-corrected chi connectivity index (χ3v) is 3.88. The van der Waals surface area contributed by atoms with E-state index in [0.717, 1.165) is 44.7 Å². The largest absolute Gasteiger partial charge is 0.392 e. The van der Waals surface area contributed by atoms with Gasteiger partial charge in [-0.1, -0.05) is 18.5 Å². The first kappa shape index (κ1) is 15.5. The van der Waals surface area contributed by atoms with E-state index >= 15 is 0 Å². The van der Waals surface area contributed by atoms with E-state index < -0.39 is 0 Å². The molecule has 0 amide bonds. The van der Waals surface area contributed by atoms with Gasteiger partial charge in [0, 0.05) is 31.7 Å². The molecule has 0 radical (unpaired) electrons. The summed E-state index contributed by atoms with van der Waals surface area (Å²) in [6, 6.07) is 2.18. The van der Waals surface area contributed by atoms with Gasteiger partial charge < -0.3 is 15.3 Å². The van der Waals surface area contributed by atoms with Crippen LogP contribution < -0.4 is 5.32 Å². The molecule has 2 N–H and O–H groups in total. The van der Waals surface area contributed by atoms with Gasteiger partial charge in [0.15, 0.2) is 0 Å². The zero-order chi connectivity index (χ0) is 14.5. The molecule has 0 aromatic carbocycles. The van der Waals surface area contributed by atoms with Crippen molar-refractivity contribution in [1.29, 1.82) is 0 Å². The minimum atomic E-state index is -0.206. The molecule has 1 aromatic rings. The predicted octanol–water partition coefficient (Wildman–Crippen LogP) is 2.09. The molecule has 1 aromatic heterocycles. The lowest BCUT2D eigenvalue weighted by Crippen LogP contribution is -2.42. The van der Waals surface area contributed by atoms with Crippen molar-refractivity contribution in [1.82, 2.24) is 14.9 Å². The maximum absolute atomic E-state index is 9.68. The van der Waals surface area contributed by atoms with Gasteiger partial charge in [0.1, 0.15) is 16.8 Å². The molecule has 6 heteroatoms. The zero-order valence-corrected chi connectivity index (χ0v) is 12.9. The van der Waals surface area contributed by atoms with Crippen LogP contribution in [0.25, 0.3) is 0 Å². The van der Waals surface area contributed by atoms with E-state index in [1.165, 1.54) is 0 Å². The Morgan fingerprint density at radius 2 is 2.15 bits per heavy atom. The van der Waals surface area contributed by atoms with Gasteiger partial charge in [-0.15, -0.1) is 0 Å². The number of aliphatic hydroxyl groups is 1. The second-order valence-electron chi connectivity index (χ2n) is 5.40. The van der Waals surface area contributed by atoms with Crippen LogP contribution in [0.1, 0.15) is 32.0 Å². The van der Waals surface area contributed by atoms with Crippen molar-refractivity contribution in [3.05, 3.63) is 17.0 Å². The maximum Gasteiger partial charge on any atom is 0.134 e. The Morgan fingerprint density at radius 1 is 1.45 bits per heavy atom. The van der Waals surface area contributed by atoms with Gasteiger partial charge in [0.25, 0.3) is 0 Å². The quantitative estimate of drug-likeness (QED) is 0.815. The molecule has 1 fully saturated rings. The van der Waals surface area contributed by atoms with Crippen LogP contribution in [0.15, 0.2) is 6.07 Å². The molecule has 0 unspecified atom stereocenters. The number of nitrogens with one attached hydrogen (secondary N) is 1. The molecule has 1 aliphatic rings. The van der Waals surface area contributed by atoms with E-state index in [4.69, 9.17) is 11.6 Å². The second kappa shape index (κ2) is 7.20. The van der Waals surface area contributed by atoms with Crippen LogP contribution in [0.5, 0.6) is 0 Å². The highest BCUT2D eigenvalue weighted by atomic mass is 35.5. The normalized spacial score (nSPS) is 19.0. The summed E-state index contributed by atoms with van der Waals surface area (Å²) in [5.41, 5.74) is 0. The Labute approximate surface area is 125 Å².